The third-order valence-corrected chi connectivity index (χ3v) is 3.44. The van der Waals surface area contributed by atoms with Gasteiger partial charge in [-0.3, -0.25) is 4.79 Å². The van der Waals surface area contributed by atoms with Crippen molar-refractivity contribution in [3.8, 4) is 5.75 Å². The van der Waals surface area contributed by atoms with Crippen molar-refractivity contribution >= 4 is 27.4 Å². The molecule has 0 heterocycles. The predicted octanol–water partition coefficient (Wildman–Crippen LogP) is 4.05. The second-order valence-corrected chi connectivity index (χ2v) is 5.61. The van der Waals surface area contributed by atoms with Gasteiger partial charge in [-0.05, 0) is 72.2 Å². The minimum Gasteiger partial charge on any atom is -0.491 e. The molecule has 0 amide bonds. The number of benzene rings is 2. The maximum absolute atomic E-state index is 12.3. The summed E-state index contributed by atoms with van der Waals surface area (Å²) in [5.41, 5.74) is 7.56. The summed E-state index contributed by atoms with van der Waals surface area (Å²) in [5, 5.41) is 0. The van der Waals surface area contributed by atoms with E-state index in [0.29, 0.717) is 16.8 Å². The van der Waals surface area contributed by atoms with Crippen LogP contribution >= 0.6 is 15.9 Å². The minimum absolute atomic E-state index is 0.0400. The summed E-state index contributed by atoms with van der Waals surface area (Å²) in [5.74, 6) is 0.719. The molecule has 0 saturated heterocycles. The lowest BCUT2D eigenvalue weighted by Crippen LogP contribution is -2.06. The van der Waals surface area contributed by atoms with E-state index in [1.54, 1.807) is 42.5 Å². The second-order valence-electron chi connectivity index (χ2n) is 4.76. The van der Waals surface area contributed by atoms with Crippen molar-refractivity contribution in [3.63, 3.8) is 0 Å². The van der Waals surface area contributed by atoms with Gasteiger partial charge in [0.25, 0.3) is 0 Å². The highest BCUT2D eigenvalue weighted by molar-refractivity contribution is 9.10. The van der Waals surface area contributed by atoms with Crippen LogP contribution in [0.4, 0.5) is 5.69 Å². The highest BCUT2D eigenvalue weighted by Gasteiger charge is 2.10. The van der Waals surface area contributed by atoms with E-state index in [9.17, 15) is 4.79 Å². The zero-order valence-corrected chi connectivity index (χ0v) is 13.0. The third kappa shape index (κ3) is 3.39. The van der Waals surface area contributed by atoms with Crippen LogP contribution in [0.25, 0.3) is 0 Å². The number of anilines is 1. The molecule has 2 rings (SSSR count). The number of nitrogen functional groups attached to an aromatic ring is 1. The number of halogens is 1. The summed E-state index contributed by atoms with van der Waals surface area (Å²) in [6.45, 7) is 3.93. The molecule has 20 heavy (non-hydrogen) atoms. The first-order valence-electron chi connectivity index (χ1n) is 6.34. The third-order valence-electron chi connectivity index (χ3n) is 2.75. The average Bonchev–Trinajstić information content (AvgIpc) is 2.41. The Labute approximate surface area is 126 Å². The molecule has 0 aliphatic heterocycles. The fraction of sp³-hybridized carbons (Fsp3) is 0.188. The number of hydrogen-bond donors (Lipinski definition) is 1. The number of carbonyl (C=O) groups excluding carboxylic acids is 1. The van der Waals surface area contributed by atoms with E-state index < -0.39 is 0 Å². The van der Waals surface area contributed by atoms with Gasteiger partial charge in [-0.2, -0.15) is 0 Å². The van der Waals surface area contributed by atoms with Crippen molar-refractivity contribution in [2.45, 2.75) is 20.0 Å². The van der Waals surface area contributed by atoms with Crippen LogP contribution in [0.5, 0.6) is 5.75 Å². The Morgan fingerprint density at radius 2 is 1.70 bits per heavy atom. The summed E-state index contributed by atoms with van der Waals surface area (Å²) < 4.78 is 6.28. The molecule has 104 valence electrons. The van der Waals surface area contributed by atoms with E-state index in [-0.39, 0.29) is 11.9 Å². The summed E-state index contributed by atoms with van der Waals surface area (Å²) in [4.78, 5) is 12.3. The van der Waals surface area contributed by atoms with Gasteiger partial charge in [0.2, 0.25) is 0 Å². The molecule has 0 atom stereocenters. The molecule has 0 spiro atoms. The van der Waals surface area contributed by atoms with Crippen molar-refractivity contribution < 1.29 is 9.53 Å². The van der Waals surface area contributed by atoms with E-state index in [1.165, 1.54) is 0 Å². The normalized spacial score (nSPS) is 10.6. The van der Waals surface area contributed by atoms with Gasteiger partial charge in [0.05, 0.1) is 6.10 Å². The number of ether oxygens (including phenoxy) is 1. The van der Waals surface area contributed by atoms with Crippen LogP contribution in [-0.2, 0) is 0 Å². The average molecular weight is 334 g/mol. The molecule has 0 aromatic heterocycles. The second kappa shape index (κ2) is 6.09. The molecular weight excluding hydrogens is 318 g/mol. The lowest BCUT2D eigenvalue weighted by Gasteiger charge is -2.10. The van der Waals surface area contributed by atoms with Crippen molar-refractivity contribution in [2.75, 3.05) is 5.73 Å². The molecule has 0 fully saturated rings. The van der Waals surface area contributed by atoms with E-state index >= 15 is 0 Å². The Morgan fingerprint density at radius 1 is 1.10 bits per heavy atom. The van der Waals surface area contributed by atoms with Gasteiger partial charge < -0.3 is 10.5 Å². The molecule has 2 N–H and O–H groups in total. The fourth-order valence-corrected chi connectivity index (χ4v) is 2.17. The smallest absolute Gasteiger partial charge is 0.193 e. The number of carbonyl (C=O) groups is 1. The first-order chi connectivity index (χ1) is 9.47. The maximum Gasteiger partial charge on any atom is 0.193 e. The molecule has 0 saturated carbocycles. The van der Waals surface area contributed by atoms with Crippen LogP contribution < -0.4 is 10.5 Å². The monoisotopic (exact) mass is 333 g/mol. The molecule has 0 unspecified atom stereocenters. The lowest BCUT2D eigenvalue weighted by molar-refractivity contribution is 0.103. The largest absolute Gasteiger partial charge is 0.491 e. The zero-order chi connectivity index (χ0) is 14.7. The summed E-state index contributed by atoms with van der Waals surface area (Å²) >= 11 is 3.33. The molecular formula is C16H16BrNO2. The molecule has 0 radical (unpaired) electrons. The molecule has 3 nitrogen and oxygen atoms in total. The van der Waals surface area contributed by atoms with Crippen molar-refractivity contribution in [1.82, 2.24) is 0 Å². The van der Waals surface area contributed by atoms with E-state index in [4.69, 9.17) is 10.5 Å². The standard InChI is InChI=1S/C16H16BrNO2/c1-10(2)20-13-6-3-11(4-7-13)16(19)12-5-8-15(18)14(17)9-12/h3-10H,18H2,1-2H3. The van der Waals surface area contributed by atoms with Gasteiger partial charge in [0.1, 0.15) is 5.75 Å². The predicted molar refractivity (Wildman–Crippen MR) is 84.2 cm³/mol. The van der Waals surface area contributed by atoms with E-state index in [2.05, 4.69) is 15.9 Å². The van der Waals surface area contributed by atoms with E-state index in [0.717, 1.165) is 10.2 Å². The maximum atomic E-state index is 12.3. The number of hydrogen-bond acceptors (Lipinski definition) is 3. The van der Waals surface area contributed by atoms with Crippen LogP contribution in [0, 0.1) is 0 Å². The minimum atomic E-state index is -0.0400. The first kappa shape index (κ1) is 14.6. The number of rotatable bonds is 4. The van der Waals surface area contributed by atoms with Crippen LogP contribution in [0.3, 0.4) is 0 Å². The van der Waals surface area contributed by atoms with Crippen LogP contribution in [-0.4, -0.2) is 11.9 Å². The SMILES string of the molecule is CC(C)Oc1ccc(C(=O)c2ccc(N)c(Br)c2)cc1. The highest BCUT2D eigenvalue weighted by atomic mass is 79.9. The summed E-state index contributed by atoms with van der Waals surface area (Å²) in [7, 11) is 0. The van der Waals surface area contributed by atoms with Gasteiger partial charge in [-0.15, -0.1) is 0 Å². The quantitative estimate of drug-likeness (QED) is 0.678. The van der Waals surface area contributed by atoms with Crippen LogP contribution in [0.15, 0.2) is 46.9 Å². The summed E-state index contributed by atoms with van der Waals surface area (Å²) in [6, 6.07) is 12.3. The Morgan fingerprint density at radius 3 is 2.25 bits per heavy atom. The van der Waals surface area contributed by atoms with Crippen molar-refractivity contribution in [3.05, 3.63) is 58.1 Å². The van der Waals surface area contributed by atoms with Gasteiger partial charge in [0.15, 0.2) is 5.78 Å². The topological polar surface area (TPSA) is 52.3 Å². The van der Waals surface area contributed by atoms with Gasteiger partial charge in [-0.25, -0.2) is 0 Å². The van der Waals surface area contributed by atoms with Crippen LogP contribution in [0.2, 0.25) is 0 Å². The Balaban J connectivity index is 2.22. The Hall–Kier alpha value is -1.81. The van der Waals surface area contributed by atoms with Gasteiger partial charge in [0, 0.05) is 21.3 Å². The number of ketones is 1. The Kier molecular flexibility index (Phi) is 4.45. The van der Waals surface area contributed by atoms with Crippen LogP contribution in [0.1, 0.15) is 29.8 Å². The van der Waals surface area contributed by atoms with Gasteiger partial charge >= 0.3 is 0 Å². The highest BCUT2D eigenvalue weighted by Crippen LogP contribution is 2.23. The van der Waals surface area contributed by atoms with E-state index in [1.807, 2.05) is 13.8 Å². The summed E-state index contributed by atoms with van der Waals surface area (Å²) in [6.07, 6.45) is 0.115. The number of nitrogens with two attached hydrogens (primary N) is 1. The lowest BCUT2D eigenvalue weighted by atomic mass is 10.0. The first-order valence-corrected chi connectivity index (χ1v) is 7.13. The molecule has 2 aromatic carbocycles. The molecule has 0 aliphatic rings. The molecule has 0 bridgehead atoms. The van der Waals surface area contributed by atoms with Crippen molar-refractivity contribution in [1.29, 1.82) is 0 Å². The zero-order valence-electron chi connectivity index (χ0n) is 11.4. The van der Waals surface area contributed by atoms with Gasteiger partial charge in [-0.1, -0.05) is 0 Å². The van der Waals surface area contributed by atoms with Crippen molar-refractivity contribution in [2.24, 2.45) is 0 Å². The fourth-order valence-electron chi connectivity index (χ4n) is 1.79. The Bertz CT molecular complexity index is 621. The molecule has 0 aliphatic carbocycles. The molecule has 4 heteroatoms. The molecule has 2 aromatic rings.